The number of hydrogen-bond acceptors (Lipinski definition) is 5. The summed E-state index contributed by atoms with van der Waals surface area (Å²) in [6, 6.07) is 8.53. The summed E-state index contributed by atoms with van der Waals surface area (Å²) in [4.78, 5) is 10.4. The van der Waals surface area contributed by atoms with Gasteiger partial charge in [-0.1, -0.05) is 0 Å². The molecule has 2 aromatic carbocycles. The smallest absolute Gasteiger partial charge is 0.270 e. The van der Waals surface area contributed by atoms with Crippen molar-refractivity contribution in [2.75, 3.05) is 13.2 Å². The molecule has 8 heteroatoms. The van der Waals surface area contributed by atoms with Gasteiger partial charge in [0, 0.05) is 23.1 Å². The van der Waals surface area contributed by atoms with Gasteiger partial charge in [-0.2, -0.15) is 5.10 Å². The number of aliphatic hydroxyl groups is 1. The number of nitrogens with one attached hydrogen (secondary N) is 1. The zero-order chi connectivity index (χ0) is 16.4. The molecule has 3 rings (SSSR count). The van der Waals surface area contributed by atoms with E-state index in [2.05, 4.69) is 10.2 Å². The Bertz CT molecular complexity index is 878. The molecule has 0 amide bonds. The normalized spacial score (nSPS) is 10.9. The number of benzene rings is 2. The van der Waals surface area contributed by atoms with E-state index in [1.54, 1.807) is 6.07 Å². The fourth-order valence-corrected chi connectivity index (χ4v) is 2.25. The van der Waals surface area contributed by atoms with Crippen LogP contribution in [0.1, 0.15) is 0 Å². The number of non-ortho nitro benzene ring substituents is 1. The first kappa shape index (κ1) is 14.9. The Labute approximate surface area is 129 Å². The first-order valence-corrected chi connectivity index (χ1v) is 6.76. The van der Waals surface area contributed by atoms with Crippen LogP contribution in [0.25, 0.3) is 22.2 Å². The largest absolute Gasteiger partial charge is 0.488 e. The van der Waals surface area contributed by atoms with Gasteiger partial charge in [0.25, 0.3) is 5.69 Å². The van der Waals surface area contributed by atoms with Crippen LogP contribution in [0.5, 0.6) is 5.75 Å². The number of ether oxygens (including phenoxy) is 1. The Morgan fingerprint density at radius 3 is 2.87 bits per heavy atom. The maximum absolute atomic E-state index is 13.7. The number of halogens is 1. The fourth-order valence-electron chi connectivity index (χ4n) is 2.25. The van der Waals surface area contributed by atoms with Gasteiger partial charge in [-0.15, -0.1) is 0 Å². The third-order valence-electron chi connectivity index (χ3n) is 3.31. The molecule has 1 aromatic heterocycles. The van der Waals surface area contributed by atoms with Crippen LogP contribution >= 0.6 is 0 Å². The van der Waals surface area contributed by atoms with Crippen LogP contribution in [0.15, 0.2) is 36.4 Å². The minimum absolute atomic E-state index is 0.0156. The van der Waals surface area contributed by atoms with Crippen molar-refractivity contribution in [3.05, 3.63) is 52.3 Å². The number of H-pyrrole nitrogens is 1. The number of fused-ring (bicyclic) bond motifs is 1. The summed E-state index contributed by atoms with van der Waals surface area (Å²) in [6.45, 7) is -0.269. The highest BCUT2D eigenvalue weighted by molar-refractivity contribution is 5.94. The van der Waals surface area contributed by atoms with Crippen molar-refractivity contribution in [2.24, 2.45) is 0 Å². The summed E-state index contributed by atoms with van der Waals surface area (Å²) in [7, 11) is 0. The molecule has 0 spiro atoms. The Hall–Kier alpha value is -3.00. The van der Waals surface area contributed by atoms with Crippen LogP contribution in [0.2, 0.25) is 0 Å². The number of hydrogen-bond donors (Lipinski definition) is 2. The quantitative estimate of drug-likeness (QED) is 0.556. The van der Waals surface area contributed by atoms with E-state index in [0.29, 0.717) is 22.2 Å². The number of aliphatic hydroxyl groups excluding tert-OH is 1. The maximum Gasteiger partial charge on any atom is 0.270 e. The highest BCUT2D eigenvalue weighted by Gasteiger charge is 2.15. The lowest BCUT2D eigenvalue weighted by molar-refractivity contribution is -0.384. The lowest BCUT2D eigenvalue weighted by Crippen LogP contribution is -2.03. The lowest BCUT2D eigenvalue weighted by atomic mass is 10.1. The van der Waals surface area contributed by atoms with E-state index in [0.717, 1.165) is 0 Å². The molecule has 0 unspecified atom stereocenters. The van der Waals surface area contributed by atoms with Crippen molar-refractivity contribution in [3.63, 3.8) is 0 Å². The van der Waals surface area contributed by atoms with Crippen LogP contribution in [-0.4, -0.2) is 33.4 Å². The van der Waals surface area contributed by atoms with E-state index in [1.165, 1.54) is 30.3 Å². The zero-order valence-electron chi connectivity index (χ0n) is 11.8. The second-order valence-electron chi connectivity index (χ2n) is 4.78. The molecule has 2 N–H and O–H groups in total. The van der Waals surface area contributed by atoms with Crippen molar-refractivity contribution in [2.45, 2.75) is 0 Å². The van der Waals surface area contributed by atoms with Crippen molar-refractivity contribution < 1.29 is 19.2 Å². The molecular weight excluding hydrogens is 305 g/mol. The molecule has 0 aliphatic heterocycles. The summed E-state index contributed by atoms with van der Waals surface area (Å²) in [6.07, 6.45) is 0. The van der Waals surface area contributed by atoms with Crippen molar-refractivity contribution in [1.29, 1.82) is 0 Å². The number of nitro groups is 1. The molecule has 118 valence electrons. The summed E-state index contributed by atoms with van der Waals surface area (Å²) in [5.41, 5.74) is 1.58. The van der Waals surface area contributed by atoms with Gasteiger partial charge >= 0.3 is 0 Å². The Balaban J connectivity index is 2.09. The molecule has 0 bridgehead atoms. The predicted molar refractivity (Wildman–Crippen MR) is 80.7 cm³/mol. The van der Waals surface area contributed by atoms with E-state index in [4.69, 9.17) is 9.84 Å². The highest BCUT2D eigenvalue weighted by atomic mass is 19.1. The number of aromatic amines is 1. The molecular formula is C15H12FN3O4. The van der Waals surface area contributed by atoms with Gasteiger partial charge in [0.2, 0.25) is 0 Å². The predicted octanol–water partition coefficient (Wildman–Crippen LogP) is 2.65. The Morgan fingerprint density at radius 1 is 1.30 bits per heavy atom. The molecule has 0 fully saturated rings. The molecule has 3 aromatic rings. The number of aromatic nitrogens is 2. The van der Waals surface area contributed by atoms with Gasteiger partial charge in [-0.3, -0.25) is 15.2 Å². The van der Waals surface area contributed by atoms with E-state index in [9.17, 15) is 14.5 Å². The summed E-state index contributed by atoms with van der Waals surface area (Å²) < 4.78 is 18.8. The topological polar surface area (TPSA) is 101 Å². The van der Waals surface area contributed by atoms with Crippen molar-refractivity contribution in [3.8, 4) is 17.0 Å². The van der Waals surface area contributed by atoms with Gasteiger partial charge in [-0.05, 0) is 24.3 Å². The van der Waals surface area contributed by atoms with Crippen molar-refractivity contribution >= 4 is 16.6 Å². The lowest BCUT2D eigenvalue weighted by Gasteiger charge is -2.07. The average Bonchev–Trinajstić information content (AvgIpc) is 2.97. The molecule has 1 heterocycles. The summed E-state index contributed by atoms with van der Waals surface area (Å²) >= 11 is 0. The van der Waals surface area contributed by atoms with Gasteiger partial charge in [-0.25, -0.2) is 4.39 Å². The standard InChI is InChI=1S/C15H12FN3O4/c16-12-3-1-9(7-14(12)23-6-5-20)15-11-8-10(19(21)22)2-4-13(11)17-18-15/h1-4,7-8,20H,5-6H2,(H,17,18). The number of rotatable bonds is 5. The Morgan fingerprint density at radius 2 is 2.13 bits per heavy atom. The molecule has 0 aliphatic rings. The minimum atomic E-state index is -0.562. The van der Waals surface area contributed by atoms with Crippen molar-refractivity contribution in [1.82, 2.24) is 10.2 Å². The summed E-state index contributed by atoms with van der Waals surface area (Å²) in [5.74, 6) is -0.578. The first-order valence-electron chi connectivity index (χ1n) is 6.76. The molecule has 0 saturated heterocycles. The maximum atomic E-state index is 13.7. The van der Waals surface area contributed by atoms with Crippen LogP contribution in [0.3, 0.4) is 0 Å². The van der Waals surface area contributed by atoms with E-state index >= 15 is 0 Å². The van der Waals surface area contributed by atoms with Gasteiger partial charge in [0.15, 0.2) is 11.6 Å². The van der Waals surface area contributed by atoms with Crippen LogP contribution in [0.4, 0.5) is 10.1 Å². The minimum Gasteiger partial charge on any atom is -0.488 e. The van der Waals surface area contributed by atoms with Crippen LogP contribution < -0.4 is 4.74 Å². The zero-order valence-corrected chi connectivity index (χ0v) is 11.8. The fraction of sp³-hybridized carbons (Fsp3) is 0.133. The van der Waals surface area contributed by atoms with Gasteiger partial charge in [0.05, 0.1) is 17.0 Å². The van der Waals surface area contributed by atoms with E-state index < -0.39 is 10.7 Å². The molecule has 0 atom stereocenters. The second-order valence-corrected chi connectivity index (χ2v) is 4.78. The van der Waals surface area contributed by atoms with Crippen LogP contribution in [-0.2, 0) is 0 Å². The van der Waals surface area contributed by atoms with Crippen LogP contribution in [0, 0.1) is 15.9 Å². The molecule has 0 saturated carbocycles. The second kappa shape index (κ2) is 6.01. The number of nitro benzene ring substituents is 1. The van der Waals surface area contributed by atoms with E-state index in [1.807, 2.05) is 0 Å². The molecule has 7 nitrogen and oxygen atoms in total. The van der Waals surface area contributed by atoms with Gasteiger partial charge < -0.3 is 9.84 Å². The SMILES string of the molecule is O=[N+]([O-])c1ccc2[nH]nc(-c3ccc(F)c(OCCO)c3)c2c1. The molecule has 23 heavy (non-hydrogen) atoms. The summed E-state index contributed by atoms with van der Waals surface area (Å²) in [5, 5.41) is 27.2. The number of nitrogens with zero attached hydrogens (tertiary/aromatic N) is 2. The Kier molecular flexibility index (Phi) is 3.90. The third-order valence-corrected chi connectivity index (χ3v) is 3.31. The van der Waals surface area contributed by atoms with Gasteiger partial charge in [0.1, 0.15) is 12.3 Å². The highest BCUT2D eigenvalue weighted by Crippen LogP contribution is 2.32. The first-order chi connectivity index (χ1) is 11.1. The average molecular weight is 317 g/mol. The molecule has 0 radical (unpaired) electrons. The molecule has 0 aliphatic carbocycles. The third kappa shape index (κ3) is 2.84. The van der Waals surface area contributed by atoms with E-state index in [-0.39, 0.29) is 24.7 Å². The monoisotopic (exact) mass is 317 g/mol.